The molecular formula is C23H30N2O3. The number of hydrogen-bond donors (Lipinski definition) is 1. The lowest BCUT2D eigenvalue weighted by Crippen LogP contribution is -2.53. The maximum atomic E-state index is 13.2. The zero-order valence-electron chi connectivity index (χ0n) is 16.8. The Morgan fingerprint density at radius 3 is 2.79 bits per heavy atom. The molecule has 1 saturated carbocycles. The predicted molar refractivity (Wildman–Crippen MR) is 108 cm³/mol. The van der Waals surface area contributed by atoms with E-state index >= 15 is 0 Å². The van der Waals surface area contributed by atoms with Crippen LogP contribution >= 0.6 is 0 Å². The van der Waals surface area contributed by atoms with Crippen molar-refractivity contribution in [1.82, 2.24) is 10.2 Å². The van der Waals surface area contributed by atoms with Gasteiger partial charge in [0.05, 0.1) is 6.04 Å². The molecule has 5 nitrogen and oxygen atoms in total. The number of esters is 1. The van der Waals surface area contributed by atoms with Crippen LogP contribution in [0.1, 0.15) is 51.5 Å². The SMILES string of the molecule is C#COC(=O)[C@H](CCc1ccccc1)NC(C)C(=O)N1[C@H](C)C[C@@H]2CCC[C@@H]21. The number of terminal acetylenes is 1. The molecule has 0 bridgehead atoms. The minimum absolute atomic E-state index is 0.0696. The van der Waals surface area contributed by atoms with Gasteiger partial charge in [-0.2, -0.15) is 0 Å². The number of carbonyl (C=O) groups is 2. The molecule has 0 spiro atoms. The van der Waals surface area contributed by atoms with Crippen molar-refractivity contribution in [3.63, 3.8) is 0 Å². The van der Waals surface area contributed by atoms with Gasteiger partial charge in [0.15, 0.2) is 0 Å². The van der Waals surface area contributed by atoms with E-state index < -0.39 is 18.1 Å². The number of benzene rings is 1. The molecule has 3 rings (SSSR count). The van der Waals surface area contributed by atoms with Crippen molar-refractivity contribution in [3.05, 3.63) is 35.9 Å². The van der Waals surface area contributed by atoms with E-state index in [-0.39, 0.29) is 11.9 Å². The molecule has 1 amide bonds. The number of likely N-dealkylation sites (tertiary alicyclic amines) is 1. The Hall–Kier alpha value is -2.32. The van der Waals surface area contributed by atoms with Crippen molar-refractivity contribution < 1.29 is 14.3 Å². The second-order valence-corrected chi connectivity index (χ2v) is 8.09. The molecule has 1 aliphatic heterocycles. The summed E-state index contributed by atoms with van der Waals surface area (Å²) in [6.07, 6.45) is 12.9. The molecule has 1 N–H and O–H groups in total. The maximum absolute atomic E-state index is 13.2. The number of carbonyl (C=O) groups excluding carboxylic acids is 2. The van der Waals surface area contributed by atoms with Crippen LogP contribution in [0.5, 0.6) is 0 Å². The van der Waals surface area contributed by atoms with Gasteiger partial charge in [-0.15, -0.1) is 0 Å². The lowest BCUT2D eigenvalue weighted by atomic mass is 10.0. The standard InChI is InChI=1S/C23H30N2O3/c1-4-28-23(27)20(14-13-18-9-6-5-7-10-18)24-17(3)22(26)25-16(2)15-19-11-8-12-21(19)25/h1,5-7,9-10,16-17,19-21,24H,8,11-15H2,2-3H3/t16-,17?,19+,20+,21+/m1/s1. The Morgan fingerprint density at radius 2 is 2.07 bits per heavy atom. The van der Waals surface area contributed by atoms with Crippen molar-refractivity contribution in [1.29, 1.82) is 0 Å². The average molecular weight is 383 g/mol. The highest BCUT2D eigenvalue weighted by Crippen LogP contribution is 2.41. The molecule has 1 aliphatic carbocycles. The van der Waals surface area contributed by atoms with Gasteiger partial charge in [0.25, 0.3) is 0 Å². The van der Waals surface area contributed by atoms with E-state index in [0.717, 1.165) is 18.4 Å². The molecular weight excluding hydrogens is 352 g/mol. The molecule has 1 aromatic carbocycles. The summed E-state index contributed by atoms with van der Waals surface area (Å²) < 4.78 is 4.79. The molecule has 0 aromatic heterocycles. The fourth-order valence-corrected chi connectivity index (χ4v) is 4.87. The first-order valence-electron chi connectivity index (χ1n) is 10.3. The molecule has 2 fully saturated rings. The molecule has 5 heteroatoms. The van der Waals surface area contributed by atoms with E-state index in [9.17, 15) is 9.59 Å². The van der Waals surface area contributed by atoms with E-state index in [1.54, 1.807) is 0 Å². The van der Waals surface area contributed by atoms with Crippen molar-refractivity contribution in [2.75, 3.05) is 0 Å². The summed E-state index contributed by atoms with van der Waals surface area (Å²) in [5.74, 6) is 0.192. The van der Waals surface area contributed by atoms with Gasteiger partial charge in [-0.25, -0.2) is 4.79 Å². The minimum Gasteiger partial charge on any atom is -0.371 e. The number of nitrogens with one attached hydrogen (secondary N) is 1. The average Bonchev–Trinajstić information content (AvgIpc) is 3.25. The molecule has 1 aromatic rings. The number of fused-ring (bicyclic) bond motifs is 1. The molecule has 28 heavy (non-hydrogen) atoms. The second kappa shape index (κ2) is 9.25. The predicted octanol–water partition coefficient (Wildman–Crippen LogP) is 2.89. The summed E-state index contributed by atoms with van der Waals surface area (Å²) in [6.45, 7) is 3.96. The van der Waals surface area contributed by atoms with Crippen LogP contribution in [0.3, 0.4) is 0 Å². The largest absolute Gasteiger partial charge is 0.371 e. The lowest BCUT2D eigenvalue weighted by Gasteiger charge is -2.32. The van der Waals surface area contributed by atoms with Gasteiger partial charge in [-0.1, -0.05) is 43.2 Å². The van der Waals surface area contributed by atoms with Gasteiger partial charge in [0.2, 0.25) is 5.91 Å². The van der Waals surface area contributed by atoms with Crippen LogP contribution < -0.4 is 5.32 Å². The summed E-state index contributed by atoms with van der Waals surface area (Å²) in [6, 6.07) is 9.46. The smallest absolute Gasteiger partial charge is 0.337 e. The Bertz CT molecular complexity index is 727. The number of rotatable bonds is 7. The highest BCUT2D eigenvalue weighted by Gasteiger charge is 2.45. The summed E-state index contributed by atoms with van der Waals surface area (Å²) in [5, 5.41) is 3.19. The third kappa shape index (κ3) is 4.56. The molecule has 1 saturated heterocycles. The quantitative estimate of drug-likeness (QED) is 0.582. The van der Waals surface area contributed by atoms with E-state index in [1.807, 2.05) is 43.4 Å². The van der Waals surface area contributed by atoms with Crippen LogP contribution in [0.4, 0.5) is 0 Å². The van der Waals surface area contributed by atoms with Crippen molar-refractivity contribution >= 4 is 11.9 Å². The van der Waals surface area contributed by atoms with E-state index in [4.69, 9.17) is 11.2 Å². The highest BCUT2D eigenvalue weighted by atomic mass is 16.5. The first-order chi connectivity index (χ1) is 13.5. The second-order valence-electron chi connectivity index (χ2n) is 8.09. The van der Waals surface area contributed by atoms with Crippen molar-refractivity contribution in [3.8, 4) is 12.5 Å². The third-order valence-corrected chi connectivity index (χ3v) is 6.18. The number of ether oxygens (including phenoxy) is 1. The number of nitrogens with zero attached hydrogens (tertiary/aromatic N) is 1. The fraction of sp³-hybridized carbons (Fsp3) is 0.565. The third-order valence-electron chi connectivity index (χ3n) is 6.18. The van der Waals surface area contributed by atoms with Crippen LogP contribution in [-0.2, 0) is 20.7 Å². The van der Waals surface area contributed by atoms with Crippen LogP contribution in [0, 0.1) is 18.4 Å². The fourth-order valence-electron chi connectivity index (χ4n) is 4.87. The van der Waals surface area contributed by atoms with Crippen LogP contribution in [-0.4, -0.2) is 40.9 Å². The zero-order valence-corrected chi connectivity index (χ0v) is 16.8. The van der Waals surface area contributed by atoms with Crippen molar-refractivity contribution in [2.24, 2.45) is 5.92 Å². The lowest BCUT2D eigenvalue weighted by molar-refractivity contribution is -0.141. The van der Waals surface area contributed by atoms with E-state index in [0.29, 0.717) is 24.8 Å². The van der Waals surface area contributed by atoms with Gasteiger partial charge in [0.1, 0.15) is 12.1 Å². The van der Waals surface area contributed by atoms with E-state index in [1.165, 1.54) is 12.8 Å². The van der Waals surface area contributed by atoms with Gasteiger partial charge in [-0.05, 0) is 57.4 Å². The number of amides is 1. The molecule has 150 valence electrons. The van der Waals surface area contributed by atoms with Crippen LogP contribution in [0.2, 0.25) is 0 Å². The molecule has 1 heterocycles. The van der Waals surface area contributed by atoms with Crippen LogP contribution in [0.25, 0.3) is 0 Å². The molecule has 2 aliphatic rings. The zero-order chi connectivity index (χ0) is 20.1. The normalized spacial score (nSPS) is 25.6. The summed E-state index contributed by atoms with van der Waals surface area (Å²) in [5.41, 5.74) is 1.13. The summed E-state index contributed by atoms with van der Waals surface area (Å²) in [7, 11) is 0. The Balaban J connectivity index is 1.64. The number of aryl methyl sites for hydroxylation is 1. The molecule has 0 radical (unpaired) electrons. The van der Waals surface area contributed by atoms with Crippen LogP contribution in [0.15, 0.2) is 30.3 Å². The first kappa shape index (κ1) is 20.4. The van der Waals surface area contributed by atoms with Crippen molar-refractivity contribution in [2.45, 2.75) is 76.5 Å². The molecule has 1 unspecified atom stereocenters. The maximum Gasteiger partial charge on any atom is 0.337 e. The monoisotopic (exact) mass is 382 g/mol. The Labute approximate surface area is 167 Å². The Morgan fingerprint density at radius 1 is 1.32 bits per heavy atom. The van der Waals surface area contributed by atoms with Gasteiger partial charge in [-0.3, -0.25) is 10.1 Å². The van der Waals surface area contributed by atoms with Gasteiger partial charge in [0, 0.05) is 12.1 Å². The first-order valence-corrected chi connectivity index (χ1v) is 10.3. The Kier molecular flexibility index (Phi) is 6.74. The minimum atomic E-state index is -0.618. The topological polar surface area (TPSA) is 58.6 Å². The molecule has 5 atom stereocenters. The van der Waals surface area contributed by atoms with Gasteiger partial charge >= 0.3 is 5.97 Å². The van der Waals surface area contributed by atoms with E-state index in [2.05, 4.69) is 17.1 Å². The summed E-state index contributed by atoms with van der Waals surface area (Å²) >= 11 is 0. The summed E-state index contributed by atoms with van der Waals surface area (Å²) in [4.78, 5) is 27.5. The highest BCUT2D eigenvalue weighted by molar-refractivity contribution is 5.84. The van der Waals surface area contributed by atoms with Gasteiger partial charge < -0.3 is 9.64 Å². The number of hydrogen-bond acceptors (Lipinski definition) is 4.